The molecule has 78 valence electrons. The second-order valence-electron chi connectivity index (χ2n) is 3.05. The van der Waals surface area contributed by atoms with Crippen molar-refractivity contribution in [3.8, 4) is 0 Å². The Kier molecular flexibility index (Phi) is 3.27. The van der Waals surface area contributed by atoms with Gasteiger partial charge in [0.2, 0.25) is 5.13 Å². The predicted octanol–water partition coefficient (Wildman–Crippen LogP) is 2.33. The standard InChI is InChI=1S/C9H9BrN4S/c1-14(9-13-12-8(10)15-9)6-7-3-2-4-11-5-7/h2-5H,6H2,1H3. The fourth-order valence-electron chi connectivity index (χ4n) is 1.19. The number of rotatable bonds is 3. The van der Waals surface area contributed by atoms with Crippen LogP contribution < -0.4 is 4.90 Å². The lowest BCUT2D eigenvalue weighted by Crippen LogP contribution is -2.16. The van der Waals surface area contributed by atoms with Crippen LogP contribution in [0, 0.1) is 0 Å². The van der Waals surface area contributed by atoms with Gasteiger partial charge in [0.15, 0.2) is 3.92 Å². The first-order valence-corrected chi connectivity index (χ1v) is 5.95. The van der Waals surface area contributed by atoms with E-state index >= 15 is 0 Å². The van der Waals surface area contributed by atoms with Crippen molar-refractivity contribution in [1.82, 2.24) is 15.2 Å². The minimum atomic E-state index is 0.787. The number of pyridine rings is 1. The lowest BCUT2D eigenvalue weighted by molar-refractivity contribution is 0.887. The van der Waals surface area contributed by atoms with Gasteiger partial charge < -0.3 is 4.90 Å². The number of nitrogens with zero attached hydrogens (tertiary/aromatic N) is 4. The molecule has 0 bridgehead atoms. The van der Waals surface area contributed by atoms with Gasteiger partial charge in [0.25, 0.3) is 0 Å². The van der Waals surface area contributed by atoms with Crippen LogP contribution in [0.3, 0.4) is 0 Å². The quantitative estimate of drug-likeness (QED) is 0.868. The zero-order chi connectivity index (χ0) is 10.7. The predicted molar refractivity (Wildman–Crippen MR) is 64.0 cm³/mol. The van der Waals surface area contributed by atoms with E-state index in [2.05, 4.69) is 31.1 Å². The van der Waals surface area contributed by atoms with Crippen molar-refractivity contribution in [3.05, 3.63) is 34.0 Å². The highest BCUT2D eigenvalue weighted by Gasteiger charge is 2.07. The largest absolute Gasteiger partial charge is 0.345 e. The summed E-state index contributed by atoms with van der Waals surface area (Å²) in [6.07, 6.45) is 3.62. The molecule has 2 aromatic rings. The van der Waals surface area contributed by atoms with Gasteiger partial charge in [0.05, 0.1) is 0 Å². The van der Waals surface area contributed by atoms with Crippen LogP contribution in [0.1, 0.15) is 5.56 Å². The highest BCUT2D eigenvalue weighted by molar-refractivity contribution is 9.11. The van der Waals surface area contributed by atoms with E-state index in [1.54, 1.807) is 6.20 Å². The molecule has 0 atom stereocenters. The van der Waals surface area contributed by atoms with E-state index in [1.807, 2.05) is 30.3 Å². The van der Waals surface area contributed by atoms with Crippen molar-refractivity contribution >= 4 is 32.4 Å². The zero-order valence-electron chi connectivity index (χ0n) is 8.09. The number of aromatic nitrogens is 3. The number of halogens is 1. The maximum absolute atomic E-state index is 4.07. The van der Waals surface area contributed by atoms with Gasteiger partial charge in [-0.05, 0) is 27.6 Å². The van der Waals surface area contributed by atoms with Crippen molar-refractivity contribution in [1.29, 1.82) is 0 Å². The highest BCUT2D eigenvalue weighted by Crippen LogP contribution is 2.23. The number of hydrogen-bond acceptors (Lipinski definition) is 5. The summed E-state index contributed by atoms with van der Waals surface area (Å²) in [5.41, 5.74) is 1.16. The molecule has 0 saturated heterocycles. The molecular weight excluding hydrogens is 276 g/mol. The Morgan fingerprint density at radius 3 is 2.93 bits per heavy atom. The smallest absolute Gasteiger partial charge is 0.209 e. The topological polar surface area (TPSA) is 41.9 Å². The molecule has 0 fully saturated rings. The van der Waals surface area contributed by atoms with Gasteiger partial charge in [-0.3, -0.25) is 4.98 Å². The molecule has 6 heteroatoms. The number of anilines is 1. The second kappa shape index (κ2) is 4.67. The summed E-state index contributed by atoms with van der Waals surface area (Å²) in [4.78, 5) is 6.11. The Bertz CT molecular complexity index is 431. The summed E-state index contributed by atoms with van der Waals surface area (Å²) in [5, 5.41) is 8.84. The fourth-order valence-corrected chi connectivity index (χ4v) is 2.23. The molecular formula is C9H9BrN4S. The summed E-state index contributed by atoms with van der Waals surface area (Å²) in [5.74, 6) is 0. The third-order valence-corrected chi connectivity index (χ3v) is 3.33. The van der Waals surface area contributed by atoms with E-state index in [4.69, 9.17) is 0 Å². The molecule has 0 radical (unpaired) electrons. The molecule has 2 heterocycles. The third-order valence-electron chi connectivity index (χ3n) is 1.86. The SMILES string of the molecule is CN(Cc1cccnc1)c1nnc(Br)s1. The van der Waals surface area contributed by atoms with Crippen LogP contribution in [-0.2, 0) is 6.54 Å². The third kappa shape index (κ3) is 2.73. The van der Waals surface area contributed by atoms with E-state index in [-0.39, 0.29) is 0 Å². The molecule has 0 saturated carbocycles. The Balaban J connectivity index is 2.07. The molecule has 0 aliphatic carbocycles. The first kappa shape index (κ1) is 10.5. The maximum atomic E-state index is 4.07. The molecule has 0 aromatic carbocycles. The monoisotopic (exact) mass is 284 g/mol. The zero-order valence-corrected chi connectivity index (χ0v) is 10.5. The molecule has 0 unspecified atom stereocenters. The van der Waals surface area contributed by atoms with E-state index in [1.165, 1.54) is 11.3 Å². The minimum Gasteiger partial charge on any atom is -0.345 e. The molecule has 0 aliphatic heterocycles. The average molecular weight is 285 g/mol. The van der Waals surface area contributed by atoms with Crippen LogP contribution in [-0.4, -0.2) is 22.2 Å². The molecule has 0 spiro atoms. The normalized spacial score (nSPS) is 10.3. The first-order chi connectivity index (χ1) is 7.25. The van der Waals surface area contributed by atoms with Gasteiger partial charge in [0.1, 0.15) is 0 Å². The first-order valence-electron chi connectivity index (χ1n) is 4.35. The van der Waals surface area contributed by atoms with Crippen LogP contribution in [0.2, 0.25) is 0 Å². The summed E-state index contributed by atoms with van der Waals surface area (Å²) in [6.45, 7) is 0.787. The van der Waals surface area contributed by atoms with Gasteiger partial charge in [-0.25, -0.2) is 0 Å². The molecule has 0 amide bonds. The van der Waals surface area contributed by atoms with Crippen molar-refractivity contribution in [2.45, 2.75) is 6.54 Å². The molecule has 4 nitrogen and oxygen atoms in total. The Hall–Kier alpha value is -1.01. The summed E-state index contributed by atoms with van der Waals surface area (Å²) in [7, 11) is 1.99. The van der Waals surface area contributed by atoms with Crippen LogP contribution >= 0.6 is 27.3 Å². The van der Waals surface area contributed by atoms with Crippen molar-refractivity contribution < 1.29 is 0 Å². The Labute approximate surface area is 100 Å². The molecule has 2 rings (SSSR count). The van der Waals surface area contributed by atoms with Gasteiger partial charge in [-0.1, -0.05) is 17.4 Å². The van der Waals surface area contributed by atoms with Crippen LogP contribution in [0.15, 0.2) is 28.4 Å². The van der Waals surface area contributed by atoms with Gasteiger partial charge in [-0.2, -0.15) is 0 Å². The Morgan fingerprint density at radius 1 is 1.47 bits per heavy atom. The van der Waals surface area contributed by atoms with E-state index in [0.29, 0.717) is 0 Å². The van der Waals surface area contributed by atoms with Gasteiger partial charge in [0, 0.05) is 26.0 Å². The second-order valence-corrected chi connectivity index (χ2v) is 5.29. The summed E-state index contributed by atoms with van der Waals surface area (Å²) in [6, 6.07) is 3.97. The molecule has 15 heavy (non-hydrogen) atoms. The number of hydrogen-bond donors (Lipinski definition) is 0. The molecule has 2 aromatic heterocycles. The van der Waals surface area contributed by atoms with Crippen LogP contribution in [0.4, 0.5) is 5.13 Å². The van der Waals surface area contributed by atoms with Gasteiger partial charge in [-0.15, -0.1) is 10.2 Å². The van der Waals surface area contributed by atoms with Crippen molar-refractivity contribution in [2.75, 3.05) is 11.9 Å². The highest BCUT2D eigenvalue weighted by atomic mass is 79.9. The molecule has 0 N–H and O–H groups in total. The summed E-state index contributed by atoms with van der Waals surface area (Å²) < 4.78 is 0.801. The van der Waals surface area contributed by atoms with Crippen molar-refractivity contribution in [2.24, 2.45) is 0 Å². The maximum Gasteiger partial charge on any atom is 0.209 e. The minimum absolute atomic E-state index is 0.787. The average Bonchev–Trinajstić information content (AvgIpc) is 2.66. The van der Waals surface area contributed by atoms with Crippen LogP contribution in [0.25, 0.3) is 0 Å². The van der Waals surface area contributed by atoms with Crippen LogP contribution in [0.5, 0.6) is 0 Å². The fraction of sp³-hybridized carbons (Fsp3) is 0.222. The lowest BCUT2D eigenvalue weighted by atomic mass is 10.3. The summed E-state index contributed by atoms with van der Waals surface area (Å²) >= 11 is 4.81. The van der Waals surface area contributed by atoms with E-state index in [0.717, 1.165) is 21.2 Å². The van der Waals surface area contributed by atoms with E-state index in [9.17, 15) is 0 Å². The van der Waals surface area contributed by atoms with E-state index < -0.39 is 0 Å². The van der Waals surface area contributed by atoms with Crippen molar-refractivity contribution in [3.63, 3.8) is 0 Å². The molecule has 0 aliphatic rings. The Morgan fingerprint density at radius 2 is 2.33 bits per heavy atom. The van der Waals surface area contributed by atoms with Gasteiger partial charge >= 0.3 is 0 Å². The lowest BCUT2D eigenvalue weighted by Gasteiger charge is -2.14.